The van der Waals surface area contributed by atoms with Crippen LogP contribution in [0.1, 0.15) is 10.4 Å². The van der Waals surface area contributed by atoms with Crippen LogP contribution in [-0.4, -0.2) is 23.0 Å². The molecule has 0 aliphatic carbocycles. The number of amides is 1. The Morgan fingerprint density at radius 2 is 1.80 bits per heavy atom. The summed E-state index contributed by atoms with van der Waals surface area (Å²) in [5, 5.41) is 25.2. The number of hydrogen-bond donors (Lipinski definition) is 2. The van der Waals surface area contributed by atoms with Gasteiger partial charge in [-0.1, -0.05) is 24.3 Å². The standard InChI is InChI=1S/C18H14N2O5/c1-25-17-7-6-13(20(23)24)10-15(17)19-18(22)14-8-11-4-2-3-5-12(11)9-16(14)21/h2-10,21H,1H3,(H,19,22). The third-order valence-corrected chi connectivity index (χ3v) is 3.75. The normalized spacial score (nSPS) is 10.4. The molecule has 126 valence electrons. The van der Waals surface area contributed by atoms with Crippen molar-refractivity contribution in [3.05, 3.63) is 70.3 Å². The van der Waals surface area contributed by atoms with E-state index in [-0.39, 0.29) is 28.4 Å². The van der Waals surface area contributed by atoms with Crippen molar-refractivity contribution in [3.63, 3.8) is 0 Å². The second-order valence-electron chi connectivity index (χ2n) is 5.31. The van der Waals surface area contributed by atoms with E-state index in [0.29, 0.717) is 0 Å². The summed E-state index contributed by atoms with van der Waals surface area (Å²) in [6, 6.07) is 14.2. The molecule has 0 atom stereocenters. The lowest BCUT2D eigenvalue weighted by molar-refractivity contribution is -0.384. The minimum atomic E-state index is -0.595. The molecular weight excluding hydrogens is 324 g/mol. The molecular formula is C18H14N2O5. The number of hydrogen-bond acceptors (Lipinski definition) is 5. The number of aromatic hydroxyl groups is 1. The molecule has 0 aliphatic heterocycles. The number of nitrogens with one attached hydrogen (secondary N) is 1. The fourth-order valence-electron chi connectivity index (χ4n) is 2.51. The molecule has 25 heavy (non-hydrogen) atoms. The van der Waals surface area contributed by atoms with Crippen molar-refractivity contribution in [2.45, 2.75) is 0 Å². The number of nitrogens with zero attached hydrogens (tertiary/aromatic N) is 1. The van der Waals surface area contributed by atoms with Gasteiger partial charge in [0.2, 0.25) is 0 Å². The molecule has 0 saturated carbocycles. The molecule has 0 radical (unpaired) electrons. The zero-order chi connectivity index (χ0) is 18.0. The van der Waals surface area contributed by atoms with E-state index in [1.54, 1.807) is 6.07 Å². The number of carbonyl (C=O) groups excluding carboxylic acids is 1. The maximum atomic E-state index is 12.5. The van der Waals surface area contributed by atoms with Gasteiger partial charge in [0, 0.05) is 12.1 Å². The van der Waals surface area contributed by atoms with Gasteiger partial charge in [0.25, 0.3) is 11.6 Å². The first-order valence-corrected chi connectivity index (χ1v) is 7.35. The van der Waals surface area contributed by atoms with Gasteiger partial charge in [-0.2, -0.15) is 0 Å². The zero-order valence-corrected chi connectivity index (χ0v) is 13.2. The van der Waals surface area contributed by atoms with Crippen LogP contribution in [0, 0.1) is 10.1 Å². The van der Waals surface area contributed by atoms with E-state index in [4.69, 9.17) is 4.74 Å². The van der Waals surface area contributed by atoms with Crippen molar-refractivity contribution in [1.82, 2.24) is 0 Å². The second-order valence-corrected chi connectivity index (χ2v) is 5.31. The summed E-state index contributed by atoms with van der Waals surface area (Å²) in [5.41, 5.74) is 0.0281. The highest BCUT2D eigenvalue weighted by atomic mass is 16.6. The van der Waals surface area contributed by atoms with Crippen LogP contribution in [0.25, 0.3) is 10.8 Å². The average Bonchev–Trinajstić information content (AvgIpc) is 2.60. The maximum Gasteiger partial charge on any atom is 0.271 e. The third kappa shape index (κ3) is 3.20. The summed E-state index contributed by atoms with van der Waals surface area (Å²) in [6.07, 6.45) is 0. The molecule has 0 aliphatic rings. The van der Waals surface area contributed by atoms with Crippen molar-refractivity contribution >= 4 is 28.1 Å². The molecule has 7 nitrogen and oxygen atoms in total. The highest BCUT2D eigenvalue weighted by molar-refractivity contribution is 6.09. The van der Waals surface area contributed by atoms with Crippen LogP contribution in [0.15, 0.2) is 54.6 Å². The number of nitro benzene ring substituents is 1. The van der Waals surface area contributed by atoms with Gasteiger partial charge in [-0.3, -0.25) is 14.9 Å². The van der Waals surface area contributed by atoms with Gasteiger partial charge in [0.05, 0.1) is 23.3 Å². The fourth-order valence-corrected chi connectivity index (χ4v) is 2.51. The molecule has 0 aromatic heterocycles. The number of fused-ring (bicyclic) bond motifs is 1. The van der Waals surface area contributed by atoms with E-state index in [2.05, 4.69) is 5.32 Å². The first-order chi connectivity index (χ1) is 12.0. The topological polar surface area (TPSA) is 102 Å². The van der Waals surface area contributed by atoms with Gasteiger partial charge in [-0.15, -0.1) is 0 Å². The Kier molecular flexibility index (Phi) is 4.21. The van der Waals surface area contributed by atoms with E-state index in [1.807, 2.05) is 24.3 Å². The summed E-state index contributed by atoms with van der Waals surface area (Å²) in [5.74, 6) is -0.498. The molecule has 2 N–H and O–H groups in total. The van der Waals surface area contributed by atoms with Gasteiger partial charge in [-0.05, 0) is 29.0 Å². The molecule has 0 heterocycles. The Bertz CT molecular complexity index is 984. The second kappa shape index (κ2) is 6.48. The molecule has 0 spiro atoms. The summed E-state index contributed by atoms with van der Waals surface area (Å²) in [4.78, 5) is 22.9. The molecule has 3 aromatic carbocycles. The SMILES string of the molecule is COc1ccc([N+](=O)[O-])cc1NC(=O)c1cc2ccccc2cc1O. The monoisotopic (exact) mass is 338 g/mol. The van der Waals surface area contributed by atoms with Gasteiger partial charge in [-0.25, -0.2) is 0 Å². The Hall–Kier alpha value is -3.61. The predicted molar refractivity (Wildman–Crippen MR) is 93.2 cm³/mol. The lowest BCUT2D eigenvalue weighted by atomic mass is 10.1. The van der Waals surface area contributed by atoms with Crippen molar-refractivity contribution < 1.29 is 19.6 Å². The Morgan fingerprint density at radius 1 is 1.12 bits per heavy atom. The summed E-state index contributed by atoms with van der Waals surface area (Å²) >= 11 is 0. The third-order valence-electron chi connectivity index (χ3n) is 3.75. The number of anilines is 1. The molecule has 3 aromatic rings. The number of phenols is 1. The molecule has 7 heteroatoms. The summed E-state index contributed by atoms with van der Waals surface area (Å²) < 4.78 is 5.12. The van der Waals surface area contributed by atoms with Crippen LogP contribution in [0.3, 0.4) is 0 Å². The van der Waals surface area contributed by atoms with Gasteiger partial charge in [0.1, 0.15) is 11.5 Å². The molecule has 0 bridgehead atoms. The molecule has 0 unspecified atom stereocenters. The molecule has 0 fully saturated rings. The number of rotatable bonds is 4. The van der Waals surface area contributed by atoms with E-state index in [0.717, 1.165) is 10.8 Å². The fraction of sp³-hybridized carbons (Fsp3) is 0.0556. The van der Waals surface area contributed by atoms with Crippen LogP contribution >= 0.6 is 0 Å². The van der Waals surface area contributed by atoms with Gasteiger partial charge >= 0.3 is 0 Å². The number of carbonyl (C=O) groups is 1. The Morgan fingerprint density at radius 3 is 2.44 bits per heavy atom. The van der Waals surface area contributed by atoms with Crippen LogP contribution in [0.4, 0.5) is 11.4 Å². The van der Waals surface area contributed by atoms with E-state index in [9.17, 15) is 20.0 Å². The highest BCUT2D eigenvalue weighted by Crippen LogP contribution is 2.31. The number of phenolic OH excluding ortho intramolecular Hbond substituents is 1. The van der Waals surface area contributed by atoms with Crippen molar-refractivity contribution in [2.24, 2.45) is 0 Å². The summed E-state index contributed by atoms with van der Waals surface area (Å²) in [7, 11) is 1.39. The predicted octanol–water partition coefficient (Wildman–Crippen LogP) is 3.71. The largest absolute Gasteiger partial charge is 0.507 e. The van der Waals surface area contributed by atoms with Gasteiger partial charge in [0.15, 0.2) is 0 Å². The van der Waals surface area contributed by atoms with E-state index < -0.39 is 10.8 Å². The number of nitro groups is 1. The van der Waals surface area contributed by atoms with Crippen LogP contribution in [0.2, 0.25) is 0 Å². The first-order valence-electron chi connectivity index (χ1n) is 7.35. The minimum Gasteiger partial charge on any atom is -0.507 e. The quantitative estimate of drug-likeness (QED) is 0.558. The van der Waals surface area contributed by atoms with Gasteiger partial charge < -0.3 is 15.2 Å². The van der Waals surface area contributed by atoms with Crippen LogP contribution < -0.4 is 10.1 Å². The number of ether oxygens (including phenoxy) is 1. The summed E-state index contributed by atoms with van der Waals surface area (Å²) in [6.45, 7) is 0. The number of non-ortho nitro benzene ring substituents is 1. The van der Waals surface area contributed by atoms with Crippen molar-refractivity contribution in [3.8, 4) is 11.5 Å². The Labute approximate surface area is 142 Å². The van der Waals surface area contributed by atoms with Crippen molar-refractivity contribution in [1.29, 1.82) is 0 Å². The van der Waals surface area contributed by atoms with Crippen LogP contribution in [-0.2, 0) is 0 Å². The molecule has 1 amide bonds. The number of benzene rings is 3. The first kappa shape index (κ1) is 16.3. The van der Waals surface area contributed by atoms with Crippen molar-refractivity contribution in [2.75, 3.05) is 12.4 Å². The lowest BCUT2D eigenvalue weighted by Gasteiger charge is -2.11. The minimum absolute atomic E-state index is 0.0623. The highest BCUT2D eigenvalue weighted by Gasteiger charge is 2.17. The number of methoxy groups -OCH3 is 1. The van der Waals surface area contributed by atoms with E-state index >= 15 is 0 Å². The van der Waals surface area contributed by atoms with Crippen LogP contribution in [0.5, 0.6) is 11.5 Å². The smallest absolute Gasteiger partial charge is 0.271 e. The Balaban J connectivity index is 1.98. The molecule has 0 saturated heterocycles. The average molecular weight is 338 g/mol. The van der Waals surface area contributed by atoms with E-state index in [1.165, 1.54) is 31.4 Å². The lowest BCUT2D eigenvalue weighted by Crippen LogP contribution is -2.13. The molecule has 3 rings (SSSR count). The zero-order valence-electron chi connectivity index (χ0n) is 13.2. The maximum absolute atomic E-state index is 12.5.